The first-order chi connectivity index (χ1) is 4.75. The third-order valence-electron chi connectivity index (χ3n) is 1.81. The van der Waals surface area contributed by atoms with Crippen molar-refractivity contribution in [3.05, 3.63) is 12.7 Å². The molecule has 1 aliphatic heterocycles. The fourth-order valence-electron chi connectivity index (χ4n) is 1.00. The van der Waals surface area contributed by atoms with Gasteiger partial charge in [-0.25, -0.2) is 0 Å². The van der Waals surface area contributed by atoms with E-state index in [4.69, 9.17) is 0 Å². The van der Waals surface area contributed by atoms with Gasteiger partial charge in [0.25, 0.3) is 0 Å². The zero-order valence-corrected chi connectivity index (χ0v) is 6.83. The highest BCUT2D eigenvalue weighted by Crippen LogP contribution is 2.32. The quantitative estimate of drug-likeness (QED) is 0.485. The molecule has 2 nitrogen and oxygen atoms in total. The average molecular weight is 157 g/mol. The van der Waals surface area contributed by atoms with E-state index in [1.807, 2.05) is 6.26 Å². The van der Waals surface area contributed by atoms with Gasteiger partial charge in [0.15, 0.2) is 0 Å². The molecule has 0 aliphatic carbocycles. The number of thioether (sulfide) groups is 1. The lowest BCUT2D eigenvalue weighted by molar-refractivity contribution is -0.128. The van der Waals surface area contributed by atoms with Crippen molar-refractivity contribution in [2.75, 3.05) is 12.8 Å². The molecule has 0 aromatic rings. The number of hydrogen-bond donors (Lipinski definition) is 1. The van der Waals surface area contributed by atoms with E-state index in [2.05, 4.69) is 11.9 Å². The lowest BCUT2D eigenvalue weighted by Gasteiger charge is -2.38. The Balaban J connectivity index is 2.59. The smallest absolute Gasteiger partial charge is 0.238 e. The summed E-state index contributed by atoms with van der Waals surface area (Å²) in [5.41, 5.74) is 0. The van der Waals surface area contributed by atoms with Crippen LogP contribution in [-0.4, -0.2) is 23.5 Å². The zero-order chi connectivity index (χ0) is 7.61. The van der Waals surface area contributed by atoms with Crippen LogP contribution < -0.4 is 5.32 Å². The summed E-state index contributed by atoms with van der Waals surface area (Å²) < 4.78 is -0.179. The van der Waals surface area contributed by atoms with Gasteiger partial charge in [-0.1, -0.05) is 6.08 Å². The highest BCUT2D eigenvalue weighted by atomic mass is 32.2. The lowest BCUT2D eigenvalue weighted by Crippen LogP contribution is -2.62. The van der Waals surface area contributed by atoms with Gasteiger partial charge in [0.1, 0.15) is 4.75 Å². The minimum Gasteiger partial charge on any atom is -0.353 e. The van der Waals surface area contributed by atoms with Crippen LogP contribution in [0.2, 0.25) is 0 Å². The number of hydrogen-bond acceptors (Lipinski definition) is 2. The van der Waals surface area contributed by atoms with Crippen LogP contribution in [0, 0.1) is 0 Å². The molecule has 10 heavy (non-hydrogen) atoms. The Morgan fingerprint density at radius 1 is 2.00 bits per heavy atom. The Hall–Kier alpha value is -0.440. The summed E-state index contributed by atoms with van der Waals surface area (Å²) in [5, 5.41) is 2.73. The molecule has 1 N–H and O–H groups in total. The maximum Gasteiger partial charge on any atom is 0.238 e. The Bertz CT molecular complexity index is 165. The van der Waals surface area contributed by atoms with Gasteiger partial charge in [-0.15, -0.1) is 18.3 Å². The minimum absolute atomic E-state index is 0.153. The van der Waals surface area contributed by atoms with Gasteiger partial charge in [-0.3, -0.25) is 4.79 Å². The van der Waals surface area contributed by atoms with Crippen molar-refractivity contribution in [3.63, 3.8) is 0 Å². The van der Waals surface area contributed by atoms with Gasteiger partial charge in [0, 0.05) is 6.54 Å². The van der Waals surface area contributed by atoms with E-state index in [0.29, 0.717) is 0 Å². The number of carbonyl (C=O) groups excluding carboxylic acids is 1. The second-order valence-corrected chi connectivity index (χ2v) is 3.56. The van der Waals surface area contributed by atoms with E-state index in [1.54, 1.807) is 17.8 Å². The van der Waals surface area contributed by atoms with E-state index < -0.39 is 0 Å². The van der Waals surface area contributed by atoms with E-state index in [-0.39, 0.29) is 10.7 Å². The minimum atomic E-state index is -0.179. The van der Waals surface area contributed by atoms with Crippen LogP contribution in [0.3, 0.4) is 0 Å². The standard InChI is InChI=1S/C7H11NOS/c1-3-4-7(10-2)5-8-6(7)9/h3H,1,4-5H2,2H3,(H,8,9). The monoisotopic (exact) mass is 157 g/mol. The first-order valence-corrected chi connectivity index (χ1v) is 4.42. The van der Waals surface area contributed by atoms with Gasteiger partial charge in [-0.05, 0) is 12.7 Å². The summed E-state index contributed by atoms with van der Waals surface area (Å²) in [6.45, 7) is 4.41. The summed E-state index contributed by atoms with van der Waals surface area (Å²) in [6, 6.07) is 0. The number of allylic oxidation sites excluding steroid dienone is 1. The molecule has 1 amide bonds. The first kappa shape index (κ1) is 7.66. The SMILES string of the molecule is C=CCC1(SC)CNC1=O. The Morgan fingerprint density at radius 2 is 2.70 bits per heavy atom. The molecule has 1 heterocycles. The van der Waals surface area contributed by atoms with Crippen molar-refractivity contribution in [2.24, 2.45) is 0 Å². The Labute approximate surface area is 65.1 Å². The number of β-lactam (4-membered cyclic amide) rings is 1. The normalized spacial score (nSPS) is 30.7. The fourth-order valence-corrected chi connectivity index (χ4v) is 1.76. The van der Waals surface area contributed by atoms with Crippen molar-refractivity contribution in [3.8, 4) is 0 Å². The van der Waals surface area contributed by atoms with Crippen LogP contribution in [0.25, 0.3) is 0 Å². The highest BCUT2D eigenvalue weighted by molar-refractivity contribution is 8.00. The van der Waals surface area contributed by atoms with Gasteiger partial charge >= 0.3 is 0 Å². The number of amides is 1. The van der Waals surface area contributed by atoms with Crippen molar-refractivity contribution < 1.29 is 4.79 Å². The summed E-state index contributed by atoms with van der Waals surface area (Å²) >= 11 is 1.61. The average Bonchev–Trinajstić information content (AvgIpc) is 1.97. The highest BCUT2D eigenvalue weighted by Gasteiger charge is 2.44. The second kappa shape index (κ2) is 2.66. The van der Waals surface area contributed by atoms with E-state index in [9.17, 15) is 4.79 Å². The molecule has 0 radical (unpaired) electrons. The summed E-state index contributed by atoms with van der Waals surface area (Å²) in [5.74, 6) is 0.153. The lowest BCUT2D eigenvalue weighted by atomic mass is 9.97. The van der Waals surface area contributed by atoms with Crippen molar-refractivity contribution in [1.29, 1.82) is 0 Å². The Kier molecular flexibility index (Phi) is 2.04. The van der Waals surface area contributed by atoms with Gasteiger partial charge < -0.3 is 5.32 Å². The van der Waals surface area contributed by atoms with Crippen LogP contribution in [-0.2, 0) is 4.79 Å². The zero-order valence-electron chi connectivity index (χ0n) is 6.02. The van der Waals surface area contributed by atoms with Crippen molar-refractivity contribution in [2.45, 2.75) is 11.2 Å². The molecule has 1 rings (SSSR count). The molecular formula is C7H11NOS. The summed E-state index contributed by atoms with van der Waals surface area (Å²) in [6.07, 6.45) is 4.54. The third kappa shape index (κ3) is 0.944. The summed E-state index contributed by atoms with van der Waals surface area (Å²) in [4.78, 5) is 11.0. The van der Waals surface area contributed by atoms with E-state index >= 15 is 0 Å². The number of carbonyl (C=O) groups is 1. The molecule has 1 atom stereocenters. The van der Waals surface area contributed by atoms with Crippen molar-refractivity contribution >= 4 is 17.7 Å². The number of rotatable bonds is 3. The maximum atomic E-state index is 11.0. The van der Waals surface area contributed by atoms with E-state index in [0.717, 1.165) is 13.0 Å². The predicted molar refractivity (Wildman–Crippen MR) is 44.1 cm³/mol. The van der Waals surface area contributed by atoms with Gasteiger partial charge in [0.2, 0.25) is 5.91 Å². The third-order valence-corrected chi connectivity index (χ3v) is 3.09. The molecule has 3 heteroatoms. The molecule has 1 aliphatic rings. The van der Waals surface area contributed by atoms with Crippen LogP contribution in [0.1, 0.15) is 6.42 Å². The predicted octanol–water partition coefficient (Wildman–Crippen LogP) is 0.794. The molecule has 0 spiro atoms. The molecule has 1 fully saturated rings. The topological polar surface area (TPSA) is 29.1 Å². The maximum absolute atomic E-state index is 11.0. The van der Waals surface area contributed by atoms with Crippen LogP contribution in [0.4, 0.5) is 0 Å². The largest absolute Gasteiger partial charge is 0.353 e. The molecule has 56 valence electrons. The summed E-state index contributed by atoms with van der Waals surface area (Å²) in [7, 11) is 0. The molecule has 0 saturated carbocycles. The van der Waals surface area contributed by atoms with Crippen molar-refractivity contribution in [1.82, 2.24) is 5.32 Å². The number of nitrogens with one attached hydrogen (secondary N) is 1. The van der Waals surface area contributed by atoms with E-state index in [1.165, 1.54) is 0 Å². The van der Waals surface area contributed by atoms with Crippen LogP contribution >= 0.6 is 11.8 Å². The molecule has 0 bridgehead atoms. The van der Waals surface area contributed by atoms with Crippen LogP contribution in [0.15, 0.2) is 12.7 Å². The molecule has 0 aromatic heterocycles. The molecule has 0 aromatic carbocycles. The first-order valence-electron chi connectivity index (χ1n) is 3.19. The van der Waals surface area contributed by atoms with Gasteiger partial charge in [-0.2, -0.15) is 0 Å². The van der Waals surface area contributed by atoms with Gasteiger partial charge in [0.05, 0.1) is 0 Å². The molecule has 1 unspecified atom stereocenters. The van der Waals surface area contributed by atoms with Crippen LogP contribution in [0.5, 0.6) is 0 Å². The second-order valence-electron chi connectivity index (χ2n) is 2.37. The molecule has 1 saturated heterocycles. The molecular weight excluding hydrogens is 146 g/mol. The fraction of sp³-hybridized carbons (Fsp3) is 0.571. The Morgan fingerprint density at radius 3 is 2.80 bits per heavy atom.